The number of rotatable bonds is 3. The minimum Gasteiger partial charge on any atom is -0.496 e. The average Bonchev–Trinajstić information content (AvgIpc) is 2.29. The highest BCUT2D eigenvalue weighted by Gasteiger charge is 2.07. The molecule has 0 amide bonds. The summed E-state index contributed by atoms with van der Waals surface area (Å²) < 4.78 is 9.23. The van der Waals surface area contributed by atoms with Gasteiger partial charge in [-0.25, -0.2) is 4.79 Å². The third-order valence-corrected chi connectivity index (χ3v) is 1.68. The van der Waals surface area contributed by atoms with Crippen LogP contribution in [0.3, 0.4) is 0 Å². The summed E-state index contributed by atoms with van der Waals surface area (Å²) in [4.78, 5) is 20.3. The minimum absolute atomic E-state index is 0.190. The molecule has 0 spiro atoms. The molecular formula is C12H16O5. The average molecular weight is 240 g/mol. The molecule has 94 valence electrons. The van der Waals surface area contributed by atoms with Crippen molar-refractivity contribution < 1.29 is 24.2 Å². The number of carbonyl (C=O) groups is 2. The third-order valence-electron chi connectivity index (χ3n) is 1.68. The van der Waals surface area contributed by atoms with Gasteiger partial charge in [-0.2, -0.15) is 0 Å². The Balaban J connectivity index is 0.000000366. The van der Waals surface area contributed by atoms with E-state index < -0.39 is 5.97 Å². The molecule has 0 fully saturated rings. The van der Waals surface area contributed by atoms with Crippen molar-refractivity contribution in [2.24, 2.45) is 0 Å². The number of hydrogen-bond donors (Lipinski definition) is 1. The van der Waals surface area contributed by atoms with Crippen LogP contribution in [0.5, 0.6) is 5.75 Å². The maximum absolute atomic E-state index is 10.5. The fraction of sp³-hybridized carbons (Fsp3) is 0.333. The lowest BCUT2D eigenvalue weighted by Crippen LogP contribution is -1.99. The fourth-order valence-electron chi connectivity index (χ4n) is 1.02. The van der Waals surface area contributed by atoms with Crippen molar-refractivity contribution in [3.63, 3.8) is 0 Å². The van der Waals surface area contributed by atoms with Gasteiger partial charge in [-0.15, -0.1) is 0 Å². The molecule has 0 radical (unpaired) electrons. The third kappa shape index (κ3) is 6.19. The number of para-hydroxylation sites is 1. The SMILES string of the molecule is CCOC(C)=O.COc1ccccc1C(=O)O. The molecule has 0 saturated heterocycles. The van der Waals surface area contributed by atoms with Gasteiger partial charge in [0.25, 0.3) is 0 Å². The highest BCUT2D eigenvalue weighted by atomic mass is 16.5. The Hall–Kier alpha value is -2.04. The molecule has 0 unspecified atom stereocenters. The second-order valence-corrected chi connectivity index (χ2v) is 2.93. The van der Waals surface area contributed by atoms with Gasteiger partial charge < -0.3 is 14.6 Å². The monoisotopic (exact) mass is 240 g/mol. The molecule has 17 heavy (non-hydrogen) atoms. The first-order valence-electron chi connectivity index (χ1n) is 5.02. The summed E-state index contributed by atoms with van der Waals surface area (Å²) in [5.74, 6) is -0.792. The van der Waals surface area contributed by atoms with Crippen molar-refractivity contribution in [3.8, 4) is 5.75 Å². The number of esters is 1. The quantitative estimate of drug-likeness (QED) is 0.817. The van der Waals surface area contributed by atoms with Gasteiger partial charge in [0.1, 0.15) is 11.3 Å². The Kier molecular flexibility index (Phi) is 7.17. The van der Waals surface area contributed by atoms with Gasteiger partial charge in [-0.1, -0.05) is 12.1 Å². The molecule has 0 heterocycles. The van der Waals surface area contributed by atoms with Gasteiger partial charge >= 0.3 is 11.9 Å². The molecule has 5 heteroatoms. The number of aromatic carboxylic acids is 1. The molecule has 0 aromatic heterocycles. The zero-order valence-electron chi connectivity index (χ0n) is 10.1. The molecule has 5 nitrogen and oxygen atoms in total. The summed E-state index contributed by atoms with van der Waals surface area (Å²) in [5, 5.41) is 8.62. The zero-order valence-corrected chi connectivity index (χ0v) is 10.1. The highest BCUT2D eigenvalue weighted by molar-refractivity contribution is 5.90. The van der Waals surface area contributed by atoms with Crippen LogP contribution in [0.15, 0.2) is 24.3 Å². The summed E-state index contributed by atoms with van der Waals surface area (Å²) in [7, 11) is 1.45. The van der Waals surface area contributed by atoms with E-state index in [-0.39, 0.29) is 11.5 Å². The van der Waals surface area contributed by atoms with Crippen molar-refractivity contribution in [2.45, 2.75) is 13.8 Å². The predicted molar refractivity (Wildman–Crippen MR) is 62.3 cm³/mol. The Labute approximate surface area is 100.0 Å². The molecule has 1 rings (SSSR count). The number of carbonyl (C=O) groups excluding carboxylic acids is 1. The maximum Gasteiger partial charge on any atom is 0.339 e. The molecule has 1 aromatic rings. The van der Waals surface area contributed by atoms with Crippen molar-refractivity contribution in [2.75, 3.05) is 13.7 Å². The lowest BCUT2D eigenvalue weighted by Gasteiger charge is -2.01. The Bertz CT molecular complexity index is 373. The van der Waals surface area contributed by atoms with E-state index in [1.807, 2.05) is 0 Å². The summed E-state index contributed by atoms with van der Waals surface area (Å²) >= 11 is 0. The Morgan fingerprint density at radius 3 is 2.18 bits per heavy atom. The lowest BCUT2D eigenvalue weighted by molar-refractivity contribution is -0.140. The van der Waals surface area contributed by atoms with Gasteiger partial charge in [0.05, 0.1) is 13.7 Å². The molecule has 0 aliphatic carbocycles. The molecule has 0 aliphatic rings. The van der Waals surface area contributed by atoms with Crippen molar-refractivity contribution in [1.29, 1.82) is 0 Å². The molecule has 0 saturated carbocycles. The number of carboxylic acid groups (broad SMARTS) is 1. The fourth-order valence-corrected chi connectivity index (χ4v) is 1.02. The van der Waals surface area contributed by atoms with Gasteiger partial charge in [0.2, 0.25) is 0 Å². The van der Waals surface area contributed by atoms with Crippen LogP contribution >= 0.6 is 0 Å². The van der Waals surface area contributed by atoms with E-state index in [1.165, 1.54) is 20.1 Å². The lowest BCUT2D eigenvalue weighted by atomic mass is 10.2. The van der Waals surface area contributed by atoms with Crippen LogP contribution in [0.25, 0.3) is 0 Å². The van der Waals surface area contributed by atoms with Crippen LogP contribution < -0.4 is 4.74 Å². The molecular weight excluding hydrogens is 224 g/mol. The number of hydrogen-bond acceptors (Lipinski definition) is 4. The molecule has 0 aliphatic heterocycles. The van der Waals surface area contributed by atoms with E-state index in [1.54, 1.807) is 25.1 Å². The van der Waals surface area contributed by atoms with Crippen LogP contribution in [0.2, 0.25) is 0 Å². The van der Waals surface area contributed by atoms with Crippen LogP contribution in [0.4, 0.5) is 0 Å². The first-order chi connectivity index (χ1) is 8.02. The first-order valence-corrected chi connectivity index (χ1v) is 5.02. The van der Waals surface area contributed by atoms with E-state index in [0.717, 1.165) is 0 Å². The first kappa shape index (κ1) is 15.0. The summed E-state index contributed by atoms with van der Waals surface area (Å²) in [6.07, 6.45) is 0. The van der Waals surface area contributed by atoms with Gasteiger partial charge in [0, 0.05) is 6.92 Å². The Morgan fingerprint density at radius 2 is 1.88 bits per heavy atom. The minimum atomic E-state index is -0.970. The number of carboxylic acids is 1. The van der Waals surface area contributed by atoms with Crippen LogP contribution in [-0.2, 0) is 9.53 Å². The number of ether oxygens (including phenoxy) is 2. The van der Waals surface area contributed by atoms with E-state index in [0.29, 0.717) is 12.4 Å². The van der Waals surface area contributed by atoms with E-state index >= 15 is 0 Å². The van der Waals surface area contributed by atoms with Gasteiger partial charge in [0.15, 0.2) is 0 Å². The zero-order chi connectivity index (χ0) is 13.3. The van der Waals surface area contributed by atoms with E-state index in [4.69, 9.17) is 9.84 Å². The van der Waals surface area contributed by atoms with Crippen molar-refractivity contribution in [3.05, 3.63) is 29.8 Å². The maximum atomic E-state index is 10.5. The number of methoxy groups -OCH3 is 1. The second kappa shape index (κ2) is 8.15. The molecule has 1 aromatic carbocycles. The number of benzene rings is 1. The predicted octanol–water partition coefficient (Wildman–Crippen LogP) is 1.96. The van der Waals surface area contributed by atoms with E-state index in [2.05, 4.69) is 4.74 Å². The van der Waals surface area contributed by atoms with Crippen LogP contribution in [-0.4, -0.2) is 30.8 Å². The highest BCUT2D eigenvalue weighted by Crippen LogP contribution is 2.16. The second-order valence-electron chi connectivity index (χ2n) is 2.93. The summed E-state index contributed by atoms with van der Waals surface area (Å²) in [6, 6.07) is 6.50. The smallest absolute Gasteiger partial charge is 0.339 e. The molecule has 0 bridgehead atoms. The van der Waals surface area contributed by atoms with Gasteiger partial charge in [-0.3, -0.25) is 4.79 Å². The molecule has 1 N–H and O–H groups in total. The van der Waals surface area contributed by atoms with Gasteiger partial charge in [-0.05, 0) is 19.1 Å². The Morgan fingerprint density at radius 1 is 1.29 bits per heavy atom. The van der Waals surface area contributed by atoms with Crippen molar-refractivity contribution in [1.82, 2.24) is 0 Å². The van der Waals surface area contributed by atoms with Crippen LogP contribution in [0, 0.1) is 0 Å². The standard InChI is InChI=1S/C8H8O3.C4H8O2/c1-11-7-5-3-2-4-6(7)8(9)10;1-3-6-4(2)5/h2-5H,1H3,(H,9,10);3H2,1-2H3. The van der Waals surface area contributed by atoms with Crippen LogP contribution in [0.1, 0.15) is 24.2 Å². The summed E-state index contributed by atoms with van der Waals surface area (Å²) in [5.41, 5.74) is 0.190. The topological polar surface area (TPSA) is 72.8 Å². The molecule has 0 atom stereocenters. The van der Waals surface area contributed by atoms with E-state index in [9.17, 15) is 9.59 Å². The normalized spacial score (nSPS) is 8.65. The summed E-state index contributed by atoms with van der Waals surface area (Å²) in [6.45, 7) is 3.65. The largest absolute Gasteiger partial charge is 0.496 e. The van der Waals surface area contributed by atoms with Crippen molar-refractivity contribution >= 4 is 11.9 Å².